The first-order valence-corrected chi connectivity index (χ1v) is 12.2. The smallest absolute Gasteiger partial charge is 0.336 e. The summed E-state index contributed by atoms with van der Waals surface area (Å²) in [7, 11) is 0. The maximum Gasteiger partial charge on any atom is 0.336 e. The fourth-order valence-corrected chi connectivity index (χ4v) is 4.84. The minimum atomic E-state index is -0.913. The third-order valence-electron chi connectivity index (χ3n) is 5.63. The van der Waals surface area contributed by atoms with Gasteiger partial charge in [-0.2, -0.15) is 0 Å². The van der Waals surface area contributed by atoms with Crippen LogP contribution in [-0.2, 0) is 6.54 Å². The number of aromatic carboxylic acids is 1. The van der Waals surface area contributed by atoms with Crippen LogP contribution in [-0.4, -0.2) is 60.2 Å². The third kappa shape index (κ3) is 6.98. The van der Waals surface area contributed by atoms with Crippen LogP contribution in [0.5, 0.6) is 5.75 Å². The van der Waals surface area contributed by atoms with Crippen LogP contribution in [0.2, 0.25) is 5.02 Å². The van der Waals surface area contributed by atoms with E-state index in [1.54, 1.807) is 12.1 Å². The van der Waals surface area contributed by atoms with E-state index in [-0.39, 0.29) is 0 Å². The fourth-order valence-electron chi connectivity index (χ4n) is 3.77. The molecule has 0 radical (unpaired) electrons. The maximum absolute atomic E-state index is 11.4. The Morgan fingerprint density at radius 2 is 1.58 bits per heavy atom. The number of carboxylic acid groups (broad SMARTS) is 1. The summed E-state index contributed by atoms with van der Waals surface area (Å²) < 4.78 is 5.94. The van der Waals surface area contributed by atoms with Gasteiger partial charge in [-0.1, -0.05) is 47.6 Å². The van der Waals surface area contributed by atoms with E-state index in [4.69, 9.17) is 16.3 Å². The number of carbonyl (C=O) groups is 1. The largest absolute Gasteiger partial charge is 0.492 e. The topological polar surface area (TPSA) is 53.0 Å². The van der Waals surface area contributed by atoms with E-state index in [9.17, 15) is 9.90 Å². The van der Waals surface area contributed by atoms with Gasteiger partial charge in [0.2, 0.25) is 0 Å². The lowest BCUT2D eigenvalue weighted by Gasteiger charge is -2.34. The lowest BCUT2D eigenvalue weighted by Crippen LogP contribution is -2.47. The number of carboxylic acids is 1. The van der Waals surface area contributed by atoms with Crippen LogP contribution in [0.15, 0.2) is 82.6 Å². The fraction of sp³-hybridized carbons (Fsp3) is 0.269. The molecule has 1 fully saturated rings. The van der Waals surface area contributed by atoms with Crippen molar-refractivity contribution in [3.8, 4) is 5.75 Å². The highest BCUT2D eigenvalue weighted by molar-refractivity contribution is 7.99. The summed E-state index contributed by atoms with van der Waals surface area (Å²) in [6.07, 6.45) is 0. The van der Waals surface area contributed by atoms with Gasteiger partial charge in [-0.3, -0.25) is 9.80 Å². The predicted octanol–water partition coefficient (Wildman–Crippen LogP) is 5.39. The molecule has 5 nitrogen and oxygen atoms in total. The van der Waals surface area contributed by atoms with Gasteiger partial charge in [0.25, 0.3) is 0 Å². The SMILES string of the molecule is O=C(O)c1ccccc1Sc1ccc(OCCN2CCN(Cc3ccc(Cl)cc3)CC2)cc1. The van der Waals surface area contributed by atoms with Crippen LogP contribution in [0.25, 0.3) is 0 Å². The van der Waals surface area contributed by atoms with E-state index in [1.165, 1.54) is 17.3 Å². The maximum atomic E-state index is 11.4. The van der Waals surface area contributed by atoms with Crippen LogP contribution in [0.1, 0.15) is 15.9 Å². The molecule has 33 heavy (non-hydrogen) atoms. The lowest BCUT2D eigenvalue weighted by molar-refractivity contribution is 0.0693. The summed E-state index contributed by atoms with van der Waals surface area (Å²) in [5.74, 6) is -0.0869. The summed E-state index contributed by atoms with van der Waals surface area (Å²) in [4.78, 5) is 18.0. The van der Waals surface area contributed by atoms with Gasteiger partial charge >= 0.3 is 5.97 Å². The number of nitrogens with zero attached hydrogens (tertiary/aromatic N) is 2. The average Bonchev–Trinajstić information content (AvgIpc) is 2.83. The molecule has 0 atom stereocenters. The standard InChI is InChI=1S/C26H27ClN2O3S/c27-21-7-5-20(6-8-21)19-29-15-13-28(14-16-29)17-18-32-22-9-11-23(12-10-22)33-25-4-2-1-3-24(25)26(30)31/h1-12H,13-19H2,(H,30,31). The summed E-state index contributed by atoms with van der Waals surface area (Å²) in [6.45, 7) is 6.68. The van der Waals surface area contributed by atoms with Crippen LogP contribution in [0.3, 0.4) is 0 Å². The van der Waals surface area contributed by atoms with Crippen molar-refractivity contribution in [2.75, 3.05) is 39.3 Å². The monoisotopic (exact) mass is 482 g/mol. The van der Waals surface area contributed by atoms with E-state index in [0.717, 1.165) is 59.8 Å². The molecular weight excluding hydrogens is 456 g/mol. The Morgan fingerprint density at radius 3 is 2.27 bits per heavy atom. The normalized spacial score (nSPS) is 14.8. The van der Waals surface area contributed by atoms with Crippen molar-refractivity contribution >= 4 is 29.3 Å². The van der Waals surface area contributed by atoms with Gasteiger partial charge < -0.3 is 9.84 Å². The Kier molecular flexibility index (Phi) is 8.29. The van der Waals surface area contributed by atoms with E-state index >= 15 is 0 Å². The van der Waals surface area contributed by atoms with E-state index in [1.807, 2.05) is 48.5 Å². The molecule has 172 valence electrons. The second-order valence-electron chi connectivity index (χ2n) is 7.97. The van der Waals surface area contributed by atoms with Gasteiger partial charge in [0.05, 0.1) is 5.56 Å². The van der Waals surface area contributed by atoms with Crippen molar-refractivity contribution in [1.29, 1.82) is 0 Å². The zero-order valence-electron chi connectivity index (χ0n) is 18.3. The Balaban J connectivity index is 1.18. The van der Waals surface area contributed by atoms with Crippen molar-refractivity contribution in [2.24, 2.45) is 0 Å². The number of piperazine rings is 1. The first kappa shape index (κ1) is 23.6. The number of halogens is 1. The molecule has 0 bridgehead atoms. The molecule has 3 aromatic rings. The summed E-state index contributed by atoms with van der Waals surface area (Å²) >= 11 is 7.41. The Labute approximate surface area is 203 Å². The molecule has 1 aliphatic rings. The minimum Gasteiger partial charge on any atom is -0.492 e. The Bertz CT molecular complexity index is 1050. The van der Waals surface area contributed by atoms with Gasteiger partial charge in [0.15, 0.2) is 0 Å². The number of ether oxygens (including phenoxy) is 1. The minimum absolute atomic E-state index is 0.316. The molecule has 0 aromatic heterocycles. The number of rotatable bonds is 9. The average molecular weight is 483 g/mol. The third-order valence-corrected chi connectivity index (χ3v) is 6.97. The molecule has 1 N–H and O–H groups in total. The highest BCUT2D eigenvalue weighted by Crippen LogP contribution is 2.31. The molecule has 0 spiro atoms. The van der Waals surface area contributed by atoms with Crippen LogP contribution in [0.4, 0.5) is 0 Å². The second kappa shape index (κ2) is 11.6. The molecule has 3 aromatic carbocycles. The molecule has 1 saturated heterocycles. The molecule has 7 heteroatoms. The van der Waals surface area contributed by atoms with Gasteiger partial charge in [-0.25, -0.2) is 4.79 Å². The van der Waals surface area contributed by atoms with Gasteiger partial charge in [-0.15, -0.1) is 0 Å². The second-order valence-corrected chi connectivity index (χ2v) is 9.52. The highest BCUT2D eigenvalue weighted by atomic mass is 35.5. The van der Waals surface area contributed by atoms with Crippen molar-refractivity contribution in [2.45, 2.75) is 16.3 Å². The first-order chi connectivity index (χ1) is 16.1. The van der Waals surface area contributed by atoms with E-state index < -0.39 is 5.97 Å². The van der Waals surface area contributed by atoms with E-state index in [0.29, 0.717) is 12.2 Å². The summed E-state index contributed by atoms with van der Waals surface area (Å²) in [5, 5.41) is 10.1. The quantitative estimate of drug-likeness (QED) is 0.441. The van der Waals surface area contributed by atoms with Crippen LogP contribution >= 0.6 is 23.4 Å². The van der Waals surface area contributed by atoms with Crippen molar-refractivity contribution in [3.05, 3.63) is 88.9 Å². The molecule has 0 saturated carbocycles. The lowest BCUT2D eigenvalue weighted by atomic mass is 10.2. The van der Waals surface area contributed by atoms with Crippen LogP contribution < -0.4 is 4.74 Å². The number of benzene rings is 3. The molecule has 1 heterocycles. The van der Waals surface area contributed by atoms with Gasteiger partial charge in [-0.05, 0) is 54.1 Å². The van der Waals surface area contributed by atoms with Crippen molar-refractivity contribution < 1.29 is 14.6 Å². The molecular formula is C26H27ClN2O3S. The molecule has 0 unspecified atom stereocenters. The molecule has 0 aliphatic carbocycles. The van der Waals surface area contributed by atoms with Crippen LogP contribution in [0, 0.1) is 0 Å². The zero-order valence-corrected chi connectivity index (χ0v) is 19.9. The summed E-state index contributed by atoms with van der Waals surface area (Å²) in [5.41, 5.74) is 1.61. The number of hydrogen-bond acceptors (Lipinski definition) is 5. The van der Waals surface area contributed by atoms with Gasteiger partial charge in [0.1, 0.15) is 12.4 Å². The first-order valence-electron chi connectivity index (χ1n) is 11.0. The highest BCUT2D eigenvalue weighted by Gasteiger charge is 2.17. The van der Waals surface area contributed by atoms with Crippen molar-refractivity contribution in [1.82, 2.24) is 9.80 Å². The molecule has 4 rings (SSSR count). The predicted molar refractivity (Wildman–Crippen MR) is 133 cm³/mol. The number of hydrogen-bond donors (Lipinski definition) is 1. The van der Waals surface area contributed by atoms with Crippen molar-refractivity contribution in [3.63, 3.8) is 0 Å². The molecule has 0 amide bonds. The Hall–Kier alpha value is -2.51. The van der Waals surface area contributed by atoms with Gasteiger partial charge in [0, 0.05) is 54.1 Å². The van der Waals surface area contributed by atoms with E-state index in [2.05, 4.69) is 21.9 Å². The zero-order chi connectivity index (χ0) is 23.0. The molecule has 1 aliphatic heterocycles. The Morgan fingerprint density at radius 1 is 0.909 bits per heavy atom. The summed E-state index contributed by atoms with van der Waals surface area (Å²) in [6, 6.07) is 22.9.